The van der Waals surface area contributed by atoms with E-state index in [0.717, 1.165) is 5.41 Å². The highest BCUT2D eigenvalue weighted by Crippen LogP contribution is 2.23. The van der Waals surface area contributed by atoms with Crippen LogP contribution in [0.4, 0.5) is 0 Å². The van der Waals surface area contributed by atoms with E-state index >= 15 is 0 Å². The quantitative estimate of drug-likeness (QED) is 0.705. The SMILES string of the molecule is C[C@@H](C(=O)N1CCOCC1)N1CC[C@H](NS(=O)(=O)/C=C/c2ccc(Cl)s2)C1=O. The first-order chi connectivity index (χ1) is 13.3. The highest BCUT2D eigenvalue weighted by molar-refractivity contribution is 7.92. The van der Waals surface area contributed by atoms with Gasteiger partial charge in [0.2, 0.25) is 21.8 Å². The van der Waals surface area contributed by atoms with Crippen LogP contribution in [-0.4, -0.2) is 75.0 Å². The zero-order chi connectivity index (χ0) is 20.3. The average Bonchev–Trinajstić information content (AvgIpc) is 3.25. The number of sulfonamides is 1. The normalized spacial score (nSPS) is 22.2. The Morgan fingerprint density at radius 3 is 2.71 bits per heavy atom. The van der Waals surface area contributed by atoms with Crippen molar-refractivity contribution < 1.29 is 22.7 Å². The van der Waals surface area contributed by atoms with Crippen molar-refractivity contribution in [2.45, 2.75) is 25.4 Å². The van der Waals surface area contributed by atoms with Crippen LogP contribution >= 0.6 is 22.9 Å². The molecule has 0 bridgehead atoms. The van der Waals surface area contributed by atoms with Crippen LogP contribution in [0.5, 0.6) is 0 Å². The van der Waals surface area contributed by atoms with E-state index in [-0.39, 0.29) is 11.8 Å². The minimum atomic E-state index is -3.80. The lowest BCUT2D eigenvalue weighted by Crippen LogP contribution is -2.52. The van der Waals surface area contributed by atoms with Crippen molar-refractivity contribution in [2.24, 2.45) is 0 Å². The molecule has 0 aliphatic carbocycles. The van der Waals surface area contributed by atoms with Crippen molar-refractivity contribution in [1.82, 2.24) is 14.5 Å². The van der Waals surface area contributed by atoms with E-state index in [1.165, 1.54) is 22.3 Å². The second-order valence-corrected chi connectivity index (χ2v) is 9.94. The van der Waals surface area contributed by atoms with Crippen molar-refractivity contribution in [1.29, 1.82) is 0 Å². The monoisotopic (exact) mass is 447 g/mol. The molecule has 3 heterocycles. The Kier molecular flexibility index (Phi) is 6.77. The fourth-order valence-corrected chi connectivity index (χ4v) is 5.26. The Balaban J connectivity index is 1.59. The van der Waals surface area contributed by atoms with Gasteiger partial charge in [-0.15, -0.1) is 11.3 Å². The highest BCUT2D eigenvalue weighted by atomic mass is 35.5. The molecule has 2 atom stereocenters. The van der Waals surface area contributed by atoms with Crippen LogP contribution in [0.15, 0.2) is 17.5 Å². The molecule has 0 spiro atoms. The number of morpholine rings is 1. The van der Waals surface area contributed by atoms with Crippen LogP contribution in [0.2, 0.25) is 4.34 Å². The Morgan fingerprint density at radius 1 is 1.36 bits per heavy atom. The zero-order valence-electron chi connectivity index (χ0n) is 15.3. The van der Waals surface area contributed by atoms with Crippen molar-refractivity contribution in [3.05, 3.63) is 26.8 Å². The number of halogens is 1. The van der Waals surface area contributed by atoms with E-state index in [4.69, 9.17) is 16.3 Å². The molecular weight excluding hydrogens is 426 g/mol. The first kappa shape index (κ1) is 21.3. The molecule has 1 aromatic rings. The second kappa shape index (κ2) is 8.91. The summed E-state index contributed by atoms with van der Waals surface area (Å²) in [7, 11) is -3.80. The molecular formula is C17H22ClN3O5S2. The molecule has 1 N–H and O–H groups in total. The summed E-state index contributed by atoms with van der Waals surface area (Å²) in [6.45, 7) is 3.96. The van der Waals surface area contributed by atoms with Gasteiger partial charge in [0, 0.05) is 29.9 Å². The van der Waals surface area contributed by atoms with Gasteiger partial charge in [0.15, 0.2) is 0 Å². The molecule has 0 radical (unpaired) electrons. The van der Waals surface area contributed by atoms with Gasteiger partial charge in [0.25, 0.3) is 0 Å². The first-order valence-electron chi connectivity index (χ1n) is 8.89. The largest absolute Gasteiger partial charge is 0.378 e. The highest BCUT2D eigenvalue weighted by Gasteiger charge is 2.39. The number of ether oxygens (including phenoxy) is 1. The molecule has 2 fully saturated rings. The van der Waals surface area contributed by atoms with Crippen molar-refractivity contribution >= 4 is 50.9 Å². The number of rotatable bonds is 6. The second-order valence-electron chi connectivity index (χ2n) is 6.59. The van der Waals surface area contributed by atoms with Crippen LogP contribution < -0.4 is 4.72 Å². The van der Waals surface area contributed by atoms with Gasteiger partial charge in [-0.3, -0.25) is 9.59 Å². The van der Waals surface area contributed by atoms with Gasteiger partial charge >= 0.3 is 0 Å². The smallest absolute Gasteiger partial charge is 0.245 e. The van der Waals surface area contributed by atoms with Gasteiger partial charge in [0.05, 0.1) is 17.6 Å². The zero-order valence-corrected chi connectivity index (χ0v) is 17.7. The molecule has 3 rings (SSSR count). The van der Waals surface area contributed by atoms with Crippen molar-refractivity contribution in [3.63, 3.8) is 0 Å². The van der Waals surface area contributed by atoms with Gasteiger partial charge in [-0.25, -0.2) is 8.42 Å². The van der Waals surface area contributed by atoms with Crippen LogP contribution in [0.25, 0.3) is 6.08 Å². The molecule has 2 amide bonds. The summed E-state index contributed by atoms with van der Waals surface area (Å²) >= 11 is 7.08. The van der Waals surface area contributed by atoms with Crippen LogP contribution in [0.3, 0.4) is 0 Å². The molecule has 2 aliphatic heterocycles. The molecule has 154 valence electrons. The Morgan fingerprint density at radius 2 is 2.07 bits per heavy atom. The third-order valence-electron chi connectivity index (χ3n) is 4.70. The lowest BCUT2D eigenvalue weighted by molar-refractivity contribution is -0.146. The van der Waals surface area contributed by atoms with E-state index in [1.807, 2.05) is 0 Å². The van der Waals surface area contributed by atoms with Crippen LogP contribution in [0, 0.1) is 0 Å². The summed E-state index contributed by atoms with van der Waals surface area (Å²) in [4.78, 5) is 29.1. The molecule has 1 aromatic heterocycles. The Bertz CT molecular complexity index is 864. The first-order valence-corrected chi connectivity index (χ1v) is 11.6. The van der Waals surface area contributed by atoms with Gasteiger partial charge < -0.3 is 14.5 Å². The number of nitrogens with zero attached hydrogens (tertiary/aromatic N) is 2. The number of likely N-dealkylation sites (tertiary alicyclic amines) is 1. The maximum atomic E-state index is 12.7. The maximum Gasteiger partial charge on any atom is 0.245 e. The van der Waals surface area contributed by atoms with Crippen LogP contribution in [0.1, 0.15) is 18.2 Å². The van der Waals surface area contributed by atoms with Gasteiger partial charge in [0.1, 0.15) is 12.1 Å². The number of amides is 2. The van der Waals surface area contributed by atoms with E-state index in [9.17, 15) is 18.0 Å². The Hall–Kier alpha value is -1.46. The summed E-state index contributed by atoms with van der Waals surface area (Å²) in [6, 6.07) is 1.88. The number of carbonyl (C=O) groups is 2. The van der Waals surface area contributed by atoms with E-state index in [0.29, 0.717) is 48.5 Å². The summed E-state index contributed by atoms with van der Waals surface area (Å²) < 4.78 is 32.8. The maximum absolute atomic E-state index is 12.7. The number of hydrogen-bond acceptors (Lipinski definition) is 6. The summed E-state index contributed by atoms with van der Waals surface area (Å²) in [5, 5.41) is 1.02. The van der Waals surface area contributed by atoms with Crippen LogP contribution in [-0.2, 0) is 24.3 Å². The fourth-order valence-electron chi connectivity index (χ4n) is 3.19. The standard InChI is InChI=1S/C17H22ClN3O5S2/c1-12(16(22)20-7-9-26-10-8-20)21-6-4-14(17(21)23)19-28(24,25)11-5-13-2-3-15(18)27-13/h2-3,5,11-12,14,19H,4,6-10H2,1H3/b11-5+/t12-,14-/m0/s1. The summed E-state index contributed by atoms with van der Waals surface area (Å²) in [5.74, 6) is -0.528. The molecule has 0 aromatic carbocycles. The predicted molar refractivity (Wildman–Crippen MR) is 107 cm³/mol. The van der Waals surface area contributed by atoms with Gasteiger partial charge in [-0.05, 0) is 31.6 Å². The lowest BCUT2D eigenvalue weighted by atomic mass is 10.2. The van der Waals surface area contributed by atoms with Gasteiger partial charge in [-0.2, -0.15) is 4.72 Å². The summed E-state index contributed by atoms with van der Waals surface area (Å²) in [5.41, 5.74) is 0. The van der Waals surface area contributed by atoms with Gasteiger partial charge in [-0.1, -0.05) is 11.6 Å². The molecule has 8 nitrogen and oxygen atoms in total. The number of hydrogen-bond donors (Lipinski definition) is 1. The molecule has 28 heavy (non-hydrogen) atoms. The lowest BCUT2D eigenvalue weighted by Gasteiger charge is -2.32. The fraction of sp³-hybridized carbons (Fsp3) is 0.529. The third kappa shape index (κ3) is 5.12. The predicted octanol–water partition coefficient (Wildman–Crippen LogP) is 1.14. The third-order valence-corrected chi connectivity index (χ3v) is 7.00. The van der Waals surface area contributed by atoms with E-state index in [2.05, 4.69) is 4.72 Å². The average molecular weight is 448 g/mol. The molecule has 0 saturated carbocycles. The topological polar surface area (TPSA) is 96.0 Å². The molecule has 2 aliphatic rings. The van der Waals surface area contributed by atoms with E-state index in [1.54, 1.807) is 24.0 Å². The molecule has 2 saturated heterocycles. The van der Waals surface area contributed by atoms with E-state index < -0.39 is 22.1 Å². The van der Waals surface area contributed by atoms with Crippen molar-refractivity contribution in [2.75, 3.05) is 32.8 Å². The molecule has 11 heteroatoms. The summed E-state index contributed by atoms with van der Waals surface area (Å²) in [6.07, 6.45) is 1.75. The molecule has 0 unspecified atom stereocenters. The number of nitrogens with one attached hydrogen (secondary N) is 1. The number of carbonyl (C=O) groups excluding carboxylic acids is 2. The number of thiophene rings is 1. The van der Waals surface area contributed by atoms with Crippen molar-refractivity contribution in [3.8, 4) is 0 Å². The minimum Gasteiger partial charge on any atom is -0.378 e. The minimum absolute atomic E-state index is 0.144. The Labute approximate surface area is 173 Å².